The van der Waals surface area contributed by atoms with Crippen molar-refractivity contribution in [1.29, 1.82) is 0 Å². The normalized spacial score (nSPS) is 11.3. The van der Waals surface area contributed by atoms with Crippen LogP contribution in [0.15, 0.2) is 44.5 Å². The lowest BCUT2D eigenvalue weighted by Crippen LogP contribution is -2.32. The second-order valence-corrected chi connectivity index (χ2v) is 8.50. The van der Waals surface area contributed by atoms with Crippen LogP contribution >= 0.6 is 15.9 Å². The Morgan fingerprint density at radius 3 is 2.46 bits per heavy atom. The number of carbonyl (C=O) groups is 1. The predicted octanol–water partition coefficient (Wildman–Crippen LogP) is 1.74. The monoisotopic (exact) mass is 441 g/mol. The summed E-state index contributed by atoms with van der Waals surface area (Å²) in [6.45, 7) is 3.65. The summed E-state index contributed by atoms with van der Waals surface area (Å²) in [5.41, 5.74) is 1.80. The molecule has 0 saturated carbocycles. The van der Waals surface area contributed by atoms with E-state index in [4.69, 9.17) is 0 Å². The third-order valence-electron chi connectivity index (χ3n) is 3.72. The summed E-state index contributed by atoms with van der Waals surface area (Å²) < 4.78 is 27.4. The molecular weight excluding hydrogens is 422 g/mol. The first kappa shape index (κ1) is 20.3. The molecule has 0 spiro atoms. The average molecular weight is 442 g/mol. The molecule has 0 saturated heterocycles. The zero-order chi connectivity index (χ0) is 19.3. The van der Waals surface area contributed by atoms with Crippen molar-refractivity contribution in [1.82, 2.24) is 15.0 Å². The number of aryl methyl sites for hydroxylation is 2. The van der Waals surface area contributed by atoms with Crippen molar-refractivity contribution < 1.29 is 13.2 Å². The molecule has 0 unspecified atom stereocenters. The van der Waals surface area contributed by atoms with Crippen LogP contribution in [-0.4, -0.2) is 25.9 Å². The molecule has 1 aromatic heterocycles. The summed E-state index contributed by atoms with van der Waals surface area (Å²) in [4.78, 5) is 26.6. The zero-order valence-corrected chi connectivity index (χ0v) is 16.8. The molecule has 26 heavy (non-hydrogen) atoms. The van der Waals surface area contributed by atoms with Gasteiger partial charge in [-0.3, -0.25) is 9.59 Å². The summed E-state index contributed by atoms with van der Waals surface area (Å²) in [5.74, 6) is -0.345. The van der Waals surface area contributed by atoms with Crippen molar-refractivity contribution in [2.24, 2.45) is 0 Å². The Morgan fingerprint density at radius 1 is 1.19 bits per heavy atom. The number of halogens is 1. The SMILES string of the molecule is Cc1cc(C)c(CNC(=O)CCNS(=O)(=O)c2ccc(Br)cc2)c(=O)[nH]1. The summed E-state index contributed by atoms with van der Waals surface area (Å²) in [5, 5.41) is 2.63. The van der Waals surface area contributed by atoms with Crippen molar-refractivity contribution in [2.75, 3.05) is 6.54 Å². The Hall–Kier alpha value is -1.97. The maximum atomic E-state index is 12.1. The van der Waals surface area contributed by atoms with E-state index in [-0.39, 0.29) is 35.9 Å². The highest BCUT2D eigenvalue weighted by Crippen LogP contribution is 2.14. The fourth-order valence-corrected chi connectivity index (χ4v) is 3.67. The zero-order valence-electron chi connectivity index (χ0n) is 14.4. The molecule has 0 bridgehead atoms. The number of sulfonamides is 1. The van der Waals surface area contributed by atoms with E-state index in [1.54, 1.807) is 26.0 Å². The molecule has 2 aromatic rings. The van der Waals surface area contributed by atoms with E-state index in [0.29, 0.717) is 5.56 Å². The first-order chi connectivity index (χ1) is 12.2. The highest BCUT2D eigenvalue weighted by Gasteiger charge is 2.14. The summed E-state index contributed by atoms with van der Waals surface area (Å²) in [6, 6.07) is 8.03. The number of amides is 1. The molecule has 0 fully saturated rings. The van der Waals surface area contributed by atoms with Crippen molar-refractivity contribution in [3.8, 4) is 0 Å². The fraction of sp³-hybridized carbons (Fsp3) is 0.294. The van der Waals surface area contributed by atoms with Gasteiger partial charge in [0, 0.05) is 35.2 Å². The topological polar surface area (TPSA) is 108 Å². The molecule has 0 atom stereocenters. The minimum Gasteiger partial charge on any atom is -0.352 e. The van der Waals surface area contributed by atoms with Crippen LogP contribution in [0.3, 0.4) is 0 Å². The standard InChI is InChI=1S/C17H20BrN3O4S/c1-11-9-12(2)21-17(23)15(11)10-19-16(22)7-8-20-26(24,25)14-5-3-13(18)4-6-14/h3-6,9,20H,7-8,10H2,1-2H3,(H,19,22)(H,21,23). The van der Waals surface area contributed by atoms with E-state index in [0.717, 1.165) is 15.7 Å². The average Bonchev–Trinajstić information content (AvgIpc) is 2.54. The molecule has 0 aliphatic rings. The summed E-state index contributed by atoms with van der Waals surface area (Å²) >= 11 is 3.24. The van der Waals surface area contributed by atoms with Gasteiger partial charge in [0.05, 0.1) is 4.90 Å². The third-order valence-corrected chi connectivity index (χ3v) is 5.73. The highest BCUT2D eigenvalue weighted by atomic mass is 79.9. The number of rotatable bonds is 7. The summed E-state index contributed by atoms with van der Waals surface area (Å²) in [6.07, 6.45) is -0.0292. The second kappa shape index (κ2) is 8.61. The number of pyridine rings is 1. The van der Waals surface area contributed by atoms with E-state index in [9.17, 15) is 18.0 Å². The van der Waals surface area contributed by atoms with Gasteiger partial charge >= 0.3 is 0 Å². The van der Waals surface area contributed by atoms with Crippen LogP contribution in [0.1, 0.15) is 23.2 Å². The molecule has 1 heterocycles. The van der Waals surface area contributed by atoms with Gasteiger partial charge in [0.1, 0.15) is 0 Å². The molecule has 9 heteroatoms. The van der Waals surface area contributed by atoms with E-state index >= 15 is 0 Å². The predicted molar refractivity (Wildman–Crippen MR) is 102 cm³/mol. The molecule has 7 nitrogen and oxygen atoms in total. The Bertz CT molecular complexity index is 953. The van der Waals surface area contributed by atoms with Gasteiger partial charge in [-0.15, -0.1) is 0 Å². The fourth-order valence-electron chi connectivity index (χ4n) is 2.37. The van der Waals surface area contributed by atoms with Crippen molar-refractivity contribution >= 4 is 31.9 Å². The van der Waals surface area contributed by atoms with Gasteiger partial charge < -0.3 is 10.3 Å². The molecule has 2 rings (SSSR count). The van der Waals surface area contributed by atoms with Crippen LogP contribution in [0.5, 0.6) is 0 Å². The van der Waals surface area contributed by atoms with E-state index in [1.807, 2.05) is 6.07 Å². The van der Waals surface area contributed by atoms with Gasteiger partial charge in [0.25, 0.3) is 5.56 Å². The Morgan fingerprint density at radius 2 is 1.85 bits per heavy atom. The number of aromatic amines is 1. The first-order valence-corrected chi connectivity index (χ1v) is 10.2. The lowest BCUT2D eigenvalue weighted by atomic mass is 10.1. The summed E-state index contributed by atoms with van der Waals surface area (Å²) in [7, 11) is -3.66. The third kappa shape index (κ3) is 5.52. The van der Waals surface area contributed by atoms with Crippen molar-refractivity contribution in [2.45, 2.75) is 31.7 Å². The maximum absolute atomic E-state index is 12.1. The van der Waals surface area contributed by atoms with E-state index in [1.165, 1.54) is 12.1 Å². The van der Waals surface area contributed by atoms with Gasteiger partial charge in [0.2, 0.25) is 15.9 Å². The maximum Gasteiger partial charge on any atom is 0.253 e. The second-order valence-electron chi connectivity index (χ2n) is 5.82. The molecule has 3 N–H and O–H groups in total. The molecule has 1 aromatic carbocycles. The van der Waals surface area contributed by atoms with Crippen molar-refractivity contribution in [3.63, 3.8) is 0 Å². The Labute approximate surface area is 160 Å². The van der Waals surface area contributed by atoms with E-state index < -0.39 is 10.0 Å². The van der Waals surface area contributed by atoms with Crippen LogP contribution < -0.4 is 15.6 Å². The van der Waals surface area contributed by atoms with Crippen LogP contribution in [0.4, 0.5) is 0 Å². The lowest BCUT2D eigenvalue weighted by Gasteiger charge is -2.09. The Kier molecular flexibility index (Phi) is 6.74. The quantitative estimate of drug-likeness (QED) is 0.607. The molecular formula is C17H20BrN3O4S. The minimum atomic E-state index is -3.66. The number of benzene rings is 1. The van der Waals surface area contributed by atoms with Crippen LogP contribution in [0.25, 0.3) is 0 Å². The highest BCUT2D eigenvalue weighted by molar-refractivity contribution is 9.10. The van der Waals surface area contributed by atoms with Gasteiger partial charge in [-0.05, 0) is 49.7 Å². The smallest absolute Gasteiger partial charge is 0.253 e. The number of H-pyrrole nitrogens is 1. The number of aromatic nitrogens is 1. The van der Waals surface area contributed by atoms with Gasteiger partial charge in [-0.25, -0.2) is 13.1 Å². The Balaban J connectivity index is 1.86. The van der Waals surface area contributed by atoms with E-state index in [2.05, 4.69) is 31.0 Å². The molecule has 0 radical (unpaired) electrons. The molecule has 0 aliphatic carbocycles. The number of nitrogens with one attached hydrogen (secondary N) is 3. The van der Waals surface area contributed by atoms with Crippen LogP contribution in [0, 0.1) is 13.8 Å². The number of carbonyl (C=O) groups excluding carboxylic acids is 1. The number of hydrogen-bond donors (Lipinski definition) is 3. The first-order valence-electron chi connectivity index (χ1n) is 7.90. The molecule has 0 aliphatic heterocycles. The minimum absolute atomic E-state index is 0.0292. The van der Waals surface area contributed by atoms with Gasteiger partial charge in [0.15, 0.2) is 0 Å². The lowest BCUT2D eigenvalue weighted by molar-refractivity contribution is -0.121. The molecule has 140 valence electrons. The van der Waals surface area contributed by atoms with Crippen LogP contribution in [0.2, 0.25) is 0 Å². The van der Waals surface area contributed by atoms with Gasteiger partial charge in [-0.2, -0.15) is 0 Å². The largest absolute Gasteiger partial charge is 0.352 e. The molecule has 1 amide bonds. The van der Waals surface area contributed by atoms with Crippen molar-refractivity contribution in [3.05, 3.63) is 62.0 Å². The van der Waals surface area contributed by atoms with Gasteiger partial charge in [-0.1, -0.05) is 15.9 Å². The van der Waals surface area contributed by atoms with Crippen LogP contribution in [-0.2, 0) is 21.4 Å². The number of hydrogen-bond acceptors (Lipinski definition) is 4.